The summed E-state index contributed by atoms with van der Waals surface area (Å²) < 4.78 is 41.7. The van der Waals surface area contributed by atoms with E-state index in [0.29, 0.717) is 18.2 Å². The number of halogens is 3. The lowest BCUT2D eigenvalue weighted by atomic mass is 10.3. The summed E-state index contributed by atoms with van der Waals surface area (Å²) in [6, 6.07) is 1.55. The van der Waals surface area contributed by atoms with E-state index in [0.717, 1.165) is 0 Å². The van der Waals surface area contributed by atoms with Crippen LogP contribution in [0, 0.1) is 15.9 Å². The second-order valence-corrected chi connectivity index (χ2v) is 2.79. The molecule has 0 heterocycles. The first-order chi connectivity index (χ1) is 7.74. The third-order valence-corrected chi connectivity index (χ3v) is 1.61. The van der Waals surface area contributed by atoms with Gasteiger partial charge in [-0.1, -0.05) is 0 Å². The van der Waals surface area contributed by atoms with Gasteiger partial charge in [0, 0.05) is 12.1 Å². The van der Waals surface area contributed by atoms with Crippen LogP contribution in [0.4, 0.5) is 18.9 Å². The number of hydrogen-bond donors (Lipinski definition) is 1. The lowest BCUT2D eigenvalue weighted by molar-refractivity contribution is -0.387. The molecule has 0 aromatic heterocycles. The number of nitro benzene ring substituents is 1. The summed E-state index contributed by atoms with van der Waals surface area (Å²) in [6.45, 7) is 0. The van der Waals surface area contributed by atoms with Gasteiger partial charge in [-0.2, -0.15) is 13.2 Å². The molecule has 17 heavy (non-hydrogen) atoms. The van der Waals surface area contributed by atoms with Gasteiger partial charge in [0.25, 0.3) is 0 Å². The Kier molecular flexibility index (Phi) is 3.21. The van der Waals surface area contributed by atoms with Crippen molar-refractivity contribution in [2.75, 3.05) is 0 Å². The Morgan fingerprint density at radius 3 is 2.47 bits per heavy atom. The van der Waals surface area contributed by atoms with Gasteiger partial charge in [0.15, 0.2) is 0 Å². The van der Waals surface area contributed by atoms with Gasteiger partial charge in [0.1, 0.15) is 5.75 Å². The average Bonchev–Trinajstić information content (AvgIpc) is 2.15. The smallest absolute Gasteiger partial charge is 0.474 e. The standard InChI is InChI=1S/C8H4F3NO5/c9-5-3-4(1-2-6(5)12(15)16)17-8(10,11)7(13)14/h1-3H,(H,13,14). The van der Waals surface area contributed by atoms with E-state index >= 15 is 0 Å². The fourth-order valence-corrected chi connectivity index (χ4v) is 0.891. The van der Waals surface area contributed by atoms with Crippen LogP contribution in [0.2, 0.25) is 0 Å². The van der Waals surface area contributed by atoms with E-state index in [1.807, 2.05) is 0 Å². The molecule has 0 fully saturated rings. The first kappa shape index (κ1) is 12.7. The monoisotopic (exact) mass is 251 g/mol. The second kappa shape index (κ2) is 4.28. The number of carboxylic acids is 1. The van der Waals surface area contributed by atoms with Crippen LogP contribution in [0.3, 0.4) is 0 Å². The largest absolute Gasteiger partial charge is 0.501 e. The molecule has 0 aliphatic rings. The number of nitrogens with zero attached hydrogens (tertiary/aromatic N) is 1. The molecule has 6 nitrogen and oxygen atoms in total. The molecule has 1 aromatic rings. The molecule has 92 valence electrons. The van der Waals surface area contributed by atoms with E-state index in [2.05, 4.69) is 4.74 Å². The van der Waals surface area contributed by atoms with E-state index in [1.165, 1.54) is 0 Å². The van der Waals surface area contributed by atoms with Gasteiger partial charge in [-0.3, -0.25) is 10.1 Å². The van der Waals surface area contributed by atoms with Crippen LogP contribution in [-0.4, -0.2) is 22.1 Å². The zero-order valence-electron chi connectivity index (χ0n) is 7.89. The molecular weight excluding hydrogens is 247 g/mol. The maximum Gasteiger partial charge on any atom is 0.501 e. The van der Waals surface area contributed by atoms with Crippen molar-refractivity contribution >= 4 is 11.7 Å². The Labute approximate surface area is 91.4 Å². The SMILES string of the molecule is O=C(O)C(F)(F)Oc1ccc([N+](=O)[O-])c(F)c1. The number of rotatable bonds is 4. The highest BCUT2D eigenvalue weighted by Crippen LogP contribution is 2.26. The van der Waals surface area contributed by atoms with E-state index in [4.69, 9.17) is 5.11 Å². The number of alkyl halides is 2. The maximum absolute atomic E-state index is 13.0. The summed E-state index contributed by atoms with van der Waals surface area (Å²) in [5, 5.41) is 18.2. The van der Waals surface area contributed by atoms with Gasteiger partial charge in [0.05, 0.1) is 4.92 Å². The average molecular weight is 251 g/mol. The molecule has 0 bridgehead atoms. The van der Waals surface area contributed by atoms with Crippen LogP contribution >= 0.6 is 0 Å². The van der Waals surface area contributed by atoms with Gasteiger partial charge in [-0.25, -0.2) is 4.79 Å². The highest BCUT2D eigenvalue weighted by Gasteiger charge is 2.42. The number of nitro groups is 1. The molecule has 9 heteroatoms. The van der Waals surface area contributed by atoms with Crippen molar-refractivity contribution in [1.29, 1.82) is 0 Å². The van der Waals surface area contributed by atoms with Crippen molar-refractivity contribution in [3.63, 3.8) is 0 Å². The molecule has 0 spiro atoms. The molecule has 1 rings (SSSR count). The molecule has 0 amide bonds. The Morgan fingerprint density at radius 1 is 1.47 bits per heavy atom. The van der Waals surface area contributed by atoms with Gasteiger partial charge in [0.2, 0.25) is 5.82 Å². The molecule has 0 atom stereocenters. The Hall–Kier alpha value is -2.32. The van der Waals surface area contributed by atoms with Crippen LogP contribution in [0.25, 0.3) is 0 Å². The molecule has 0 unspecified atom stereocenters. The van der Waals surface area contributed by atoms with E-state index in [9.17, 15) is 28.1 Å². The van der Waals surface area contributed by atoms with Crippen LogP contribution < -0.4 is 4.74 Å². The second-order valence-electron chi connectivity index (χ2n) is 2.79. The zero-order chi connectivity index (χ0) is 13.2. The predicted molar refractivity (Wildman–Crippen MR) is 46.3 cm³/mol. The summed E-state index contributed by atoms with van der Waals surface area (Å²) >= 11 is 0. The van der Waals surface area contributed by atoms with Crippen molar-refractivity contribution in [1.82, 2.24) is 0 Å². The van der Waals surface area contributed by atoms with Crippen molar-refractivity contribution in [2.24, 2.45) is 0 Å². The number of aliphatic carboxylic acids is 1. The summed E-state index contributed by atoms with van der Waals surface area (Å²) in [6.07, 6.45) is -4.54. The topological polar surface area (TPSA) is 89.7 Å². The van der Waals surface area contributed by atoms with Crippen molar-refractivity contribution in [3.05, 3.63) is 34.1 Å². The van der Waals surface area contributed by atoms with Gasteiger partial charge in [-0.05, 0) is 6.07 Å². The molecule has 0 aliphatic carbocycles. The highest BCUT2D eigenvalue weighted by atomic mass is 19.3. The third-order valence-electron chi connectivity index (χ3n) is 1.61. The predicted octanol–water partition coefficient (Wildman–Crippen LogP) is 1.79. The molecule has 0 radical (unpaired) electrons. The number of ether oxygens (including phenoxy) is 1. The van der Waals surface area contributed by atoms with Crippen molar-refractivity contribution in [2.45, 2.75) is 6.11 Å². The molecule has 1 N–H and O–H groups in total. The number of hydrogen-bond acceptors (Lipinski definition) is 4. The molecular formula is C8H4F3NO5. The third kappa shape index (κ3) is 2.83. The zero-order valence-corrected chi connectivity index (χ0v) is 7.89. The minimum Gasteiger partial charge on any atom is -0.474 e. The van der Waals surface area contributed by atoms with E-state index < -0.39 is 34.3 Å². The van der Waals surface area contributed by atoms with Crippen molar-refractivity contribution in [3.8, 4) is 5.75 Å². The minimum absolute atomic E-state index is 0.301. The van der Waals surface area contributed by atoms with Crippen molar-refractivity contribution < 1.29 is 32.7 Å². The van der Waals surface area contributed by atoms with Gasteiger partial charge in [-0.15, -0.1) is 0 Å². The van der Waals surface area contributed by atoms with E-state index in [1.54, 1.807) is 0 Å². The molecule has 0 aliphatic heterocycles. The number of benzene rings is 1. The normalized spacial score (nSPS) is 11.0. The Balaban J connectivity index is 2.99. The summed E-state index contributed by atoms with van der Waals surface area (Å²) in [5.74, 6) is -4.80. The summed E-state index contributed by atoms with van der Waals surface area (Å²) in [5.41, 5.74) is -0.934. The fourth-order valence-electron chi connectivity index (χ4n) is 0.891. The lowest BCUT2D eigenvalue weighted by Crippen LogP contribution is -2.34. The Bertz CT molecular complexity index is 476. The van der Waals surface area contributed by atoms with Gasteiger partial charge >= 0.3 is 17.8 Å². The minimum atomic E-state index is -4.54. The summed E-state index contributed by atoms with van der Waals surface area (Å²) in [7, 11) is 0. The van der Waals surface area contributed by atoms with Crippen LogP contribution in [0.1, 0.15) is 0 Å². The highest BCUT2D eigenvalue weighted by molar-refractivity contribution is 5.73. The first-order valence-electron chi connectivity index (χ1n) is 3.98. The van der Waals surface area contributed by atoms with Crippen LogP contribution in [-0.2, 0) is 4.79 Å². The fraction of sp³-hybridized carbons (Fsp3) is 0.125. The van der Waals surface area contributed by atoms with Crippen LogP contribution in [0.15, 0.2) is 18.2 Å². The lowest BCUT2D eigenvalue weighted by Gasteiger charge is -2.12. The summed E-state index contributed by atoms with van der Waals surface area (Å²) in [4.78, 5) is 19.2. The molecule has 1 aromatic carbocycles. The molecule has 0 saturated carbocycles. The van der Waals surface area contributed by atoms with Crippen LogP contribution in [0.5, 0.6) is 5.75 Å². The molecule has 0 saturated heterocycles. The van der Waals surface area contributed by atoms with E-state index in [-0.39, 0.29) is 0 Å². The Morgan fingerprint density at radius 2 is 2.06 bits per heavy atom. The quantitative estimate of drug-likeness (QED) is 0.650. The van der Waals surface area contributed by atoms with Gasteiger partial charge < -0.3 is 9.84 Å². The maximum atomic E-state index is 13.0. The number of carbonyl (C=O) groups is 1. The first-order valence-corrected chi connectivity index (χ1v) is 3.98. The number of carboxylic acid groups (broad SMARTS) is 1.